The van der Waals surface area contributed by atoms with Gasteiger partial charge in [-0.2, -0.15) is 0 Å². The number of halogens is 1. The smallest absolute Gasteiger partial charge is 0.209 e. The Morgan fingerprint density at radius 2 is 1.75 bits per heavy atom. The number of nitrogens with zero attached hydrogens (tertiary/aromatic N) is 4. The highest BCUT2D eigenvalue weighted by Gasteiger charge is 2.26. The maximum atomic E-state index is 4.16. The molecule has 1 aliphatic heterocycles. The lowest BCUT2D eigenvalue weighted by molar-refractivity contribution is 0.128. The summed E-state index contributed by atoms with van der Waals surface area (Å²) in [5.74, 6) is 0. The Morgan fingerprint density at radius 1 is 1.12 bits per heavy atom. The van der Waals surface area contributed by atoms with Gasteiger partial charge in [0.05, 0.1) is 0 Å². The number of anilines is 1. The van der Waals surface area contributed by atoms with Gasteiger partial charge >= 0.3 is 0 Å². The minimum absolute atomic E-state index is 0.272. The molecule has 4 nitrogen and oxygen atoms in total. The van der Waals surface area contributed by atoms with E-state index < -0.39 is 0 Å². The molecular formula is C10H17BrN4S. The van der Waals surface area contributed by atoms with E-state index in [4.69, 9.17) is 0 Å². The van der Waals surface area contributed by atoms with Crippen molar-refractivity contribution in [2.75, 3.05) is 31.1 Å². The molecule has 0 amide bonds. The molecule has 0 atom stereocenters. The fraction of sp³-hybridized carbons (Fsp3) is 0.800. The molecule has 1 saturated heterocycles. The summed E-state index contributed by atoms with van der Waals surface area (Å²) in [5, 5.41) is 9.17. The first-order valence-electron chi connectivity index (χ1n) is 5.46. The Labute approximate surface area is 109 Å². The van der Waals surface area contributed by atoms with Gasteiger partial charge in [-0.1, -0.05) is 11.3 Å². The Morgan fingerprint density at radius 3 is 2.19 bits per heavy atom. The maximum absolute atomic E-state index is 4.16. The van der Waals surface area contributed by atoms with E-state index >= 15 is 0 Å². The second-order valence-corrected chi connectivity index (χ2v) is 7.21. The predicted molar refractivity (Wildman–Crippen MR) is 71.1 cm³/mol. The number of rotatable bonds is 1. The third kappa shape index (κ3) is 2.73. The van der Waals surface area contributed by atoms with Gasteiger partial charge in [0.25, 0.3) is 0 Å². The minimum atomic E-state index is 0.272. The van der Waals surface area contributed by atoms with E-state index in [2.05, 4.69) is 56.7 Å². The van der Waals surface area contributed by atoms with Crippen molar-refractivity contribution in [3.05, 3.63) is 3.92 Å². The number of hydrogen-bond acceptors (Lipinski definition) is 5. The molecular weight excluding hydrogens is 288 g/mol. The molecule has 0 unspecified atom stereocenters. The molecule has 0 N–H and O–H groups in total. The van der Waals surface area contributed by atoms with Crippen LogP contribution in [0.2, 0.25) is 0 Å². The molecule has 1 aromatic heterocycles. The van der Waals surface area contributed by atoms with E-state index in [1.165, 1.54) is 0 Å². The topological polar surface area (TPSA) is 32.3 Å². The van der Waals surface area contributed by atoms with Crippen LogP contribution >= 0.6 is 27.3 Å². The van der Waals surface area contributed by atoms with Gasteiger partial charge in [-0.25, -0.2) is 0 Å². The van der Waals surface area contributed by atoms with Crippen LogP contribution in [-0.2, 0) is 0 Å². The zero-order valence-corrected chi connectivity index (χ0v) is 12.3. The monoisotopic (exact) mass is 304 g/mol. The zero-order valence-electron chi connectivity index (χ0n) is 9.90. The summed E-state index contributed by atoms with van der Waals surface area (Å²) in [6.45, 7) is 11.1. The first-order chi connectivity index (χ1) is 7.47. The lowest BCUT2D eigenvalue weighted by atomic mass is 10.1. The Bertz CT molecular complexity index is 352. The molecule has 1 fully saturated rings. The van der Waals surface area contributed by atoms with E-state index in [1.54, 1.807) is 11.3 Å². The quantitative estimate of drug-likeness (QED) is 0.796. The van der Waals surface area contributed by atoms with Gasteiger partial charge in [0.2, 0.25) is 5.13 Å². The standard InChI is InChI=1S/C10H17BrN4S/c1-10(2,3)15-6-4-14(5-7-15)9-13-12-8(11)16-9/h4-7H2,1-3H3. The summed E-state index contributed by atoms with van der Waals surface area (Å²) < 4.78 is 0.862. The van der Waals surface area contributed by atoms with Crippen LogP contribution in [0.4, 0.5) is 5.13 Å². The third-order valence-corrected chi connectivity index (χ3v) is 4.31. The molecule has 90 valence electrons. The molecule has 1 aliphatic rings. The van der Waals surface area contributed by atoms with Gasteiger partial charge in [-0.15, -0.1) is 10.2 Å². The zero-order chi connectivity index (χ0) is 11.8. The first kappa shape index (κ1) is 12.3. The van der Waals surface area contributed by atoms with Crippen LogP contribution < -0.4 is 4.90 Å². The summed E-state index contributed by atoms with van der Waals surface area (Å²) in [5.41, 5.74) is 0.272. The lowest BCUT2D eigenvalue weighted by Gasteiger charge is -2.42. The van der Waals surface area contributed by atoms with Crippen LogP contribution in [-0.4, -0.2) is 46.8 Å². The molecule has 2 rings (SSSR count). The fourth-order valence-corrected chi connectivity index (χ4v) is 3.03. The Balaban J connectivity index is 1.95. The Kier molecular flexibility index (Phi) is 3.51. The summed E-state index contributed by atoms with van der Waals surface area (Å²) in [6.07, 6.45) is 0. The van der Waals surface area contributed by atoms with Gasteiger partial charge < -0.3 is 4.90 Å². The maximum Gasteiger partial charge on any atom is 0.209 e. The predicted octanol–water partition coefficient (Wildman–Crippen LogP) is 2.22. The average Bonchev–Trinajstić information content (AvgIpc) is 2.64. The van der Waals surface area contributed by atoms with Gasteiger partial charge in [-0.3, -0.25) is 4.90 Å². The van der Waals surface area contributed by atoms with Crippen molar-refractivity contribution in [2.24, 2.45) is 0 Å². The first-order valence-corrected chi connectivity index (χ1v) is 7.07. The third-order valence-electron chi connectivity index (χ3n) is 2.89. The van der Waals surface area contributed by atoms with Crippen LogP contribution in [0.25, 0.3) is 0 Å². The van der Waals surface area contributed by atoms with E-state index in [0.717, 1.165) is 35.2 Å². The molecule has 0 saturated carbocycles. The number of aromatic nitrogens is 2. The summed E-state index contributed by atoms with van der Waals surface area (Å²) in [7, 11) is 0. The summed E-state index contributed by atoms with van der Waals surface area (Å²) in [6, 6.07) is 0. The average molecular weight is 305 g/mol. The lowest BCUT2D eigenvalue weighted by Crippen LogP contribution is -2.53. The summed E-state index contributed by atoms with van der Waals surface area (Å²) in [4.78, 5) is 4.82. The van der Waals surface area contributed by atoms with E-state index in [-0.39, 0.29) is 5.54 Å². The van der Waals surface area contributed by atoms with Gasteiger partial charge in [-0.05, 0) is 36.7 Å². The van der Waals surface area contributed by atoms with Gasteiger partial charge in [0.1, 0.15) is 0 Å². The second-order valence-electron chi connectivity index (χ2n) is 4.98. The molecule has 6 heteroatoms. The molecule has 0 radical (unpaired) electrons. The normalized spacial score (nSPS) is 19.1. The number of piperazine rings is 1. The molecule has 0 bridgehead atoms. The van der Waals surface area contributed by atoms with Crippen LogP contribution in [0.5, 0.6) is 0 Å². The van der Waals surface area contributed by atoms with Crippen LogP contribution in [0, 0.1) is 0 Å². The van der Waals surface area contributed by atoms with Crippen molar-refractivity contribution in [3.63, 3.8) is 0 Å². The highest BCUT2D eigenvalue weighted by atomic mass is 79.9. The second kappa shape index (κ2) is 4.58. The van der Waals surface area contributed by atoms with Crippen LogP contribution in [0.1, 0.15) is 20.8 Å². The van der Waals surface area contributed by atoms with Gasteiger partial charge in [0, 0.05) is 31.7 Å². The summed E-state index contributed by atoms with van der Waals surface area (Å²) >= 11 is 4.96. The largest absolute Gasteiger partial charge is 0.344 e. The van der Waals surface area contributed by atoms with Crippen molar-refractivity contribution in [2.45, 2.75) is 26.3 Å². The van der Waals surface area contributed by atoms with Crippen molar-refractivity contribution in [1.29, 1.82) is 0 Å². The molecule has 2 heterocycles. The van der Waals surface area contributed by atoms with Crippen molar-refractivity contribution < 1.29 is 0 Å². The minimum Gasteiger partial charge on any atom is -0.344 e. The van der Waals surface area contributed by atoms with Crippen LogP contribution in [0.3, 0.4) is 0 Å². The molecule has 16 heavy (non-hydrogen) atoms. The van der Waals surface area contributed by atoms with Gasteiger partial charge in [0.15, 0.2) is 3.92 Å². The van der Waals surface area contributed by atoms with E-state index in [9.17, 15) is 0 Å². The van der Waals surface area contributed by atoms with Crippen molar-refractivity contribution >= 4 is 32.4 Å². The molecule has 0 spiro atoms. The number of hydrogen-bond donors (Lipinski definition) is 0. The highest BCUT2D eigenvalue weighted by Crippen LogP contribution is 2.26. The Hall–Kier alpha value is -0.200. The van der Waals surface area contributed by atoms with E-state index in [1.807, 2.05) is 0 Å². The SMILES string of the molecule is CC(C)(C)N1CCN(c2nnc(Br)s2)CC1. The molecule has 0 aliphatic carbocycles. The molecule has 1 aromatic rings. The van der Waals surface area contributed by atoms with Crippen LogP contribution in [0.15, 0.2) is 3.92 Å². The van der Waals surface area contributed by atoms with Crippen molar-refractivity contribution in [1.82, 2.24) is 15.1 Å². The van der Waals surface area contributed by atoms with Crippen molar-refractivity contribution in [3.8, 4) is 0 Å². The van der Waals surface area contributed by atoms with E-state index in [0.29, 0.717) is 0 Å². The molecule has 0 aromatic carbocycles. The fourth-order valence-electron chi connectivity index (χ4n) is 1.89. The highest BCUT2D eigenvalue weighted by molar-refractivity contribution is 9.11.